The van der Waals surface area contributed by atoms with Gasteiger partial charge in [-0.25, -0.2) is 4.79 Å². The minimum absolute atomic E-state index is 0.0422. The van der Waals surface area contributed by atoms with Gasteiger partial charge in [0, 0.05) is 42.4 Å². The SMILES string of the molecule is O=Cc1cncc(C#CCCNC(=O)OCC2c3ccccc3-c3ccccc32)c1. The van der Waals surface area contributed by atoms with Crippen LogP contribution >= 0.6 is 0 Å². The second kappa shape index (κ2) is 9.06. The first kappa shape index (κ1) is 19.4. The zero-order chi connectivity index (χ0) is 20.8. The molecule has 0 fully saturated rings. The number of carbonyl (C=O) groups is 2. The van der Waals surface area contributed by atoms with Crippen molar-refractivity contribution in [3.05, 3.63) is 89.2 Å². The minimum atomic E-state index is -0.455. The molecule has 30 heavy (non-hydrogen) atoms. The maximum Gasteiger partial charge on any atom is 0.407 e. The molecule has 4 rings (SSSR count). The number of nitrogens with zero attached hydrogens (tertiary/aromatic N) is 1. The highest BCUT2D eigenvalue weighted by molar-refractivity contribution is 5.79. The molecule has 2 aromatic carbocycles. The number of hydrogen-bond acceptors (Lipinski definition) is 4. The van der Waals surface area contributed by atoms with Gasteiger partial charge in [-0.05, 0) is 28.3 Å². The summed E-state index contributed by atoms with van der Waals surface area (Å²) in [6.45, 7) is 0.667. The van der Waals surface area contributed by atoms with Gasteiger partial charge in [-0.2, -0.15) is 0 Å². The molecule has 1 N–H and O–H groups in total. The first-order valence-electron chi connectivity index (χ1n) is 9.74. The zero-order valence-electron chi connectivity index (χ0n) is 16.3. The highest BCUT2D eigenvalue weighted by Gasteiger charge is 2.28. The van der Waals surface area contributed by atoms with Gasteiger partial charge in [0.2, 0.25) is 0 Å². The molecule has 0 spiro atoms. The molecule has 0 aliphatic heterocycles. The highest BCUT2D eigenvalue weighted by atomic mass is 16.5. The fourth-order valence-corrected chi connectivity index (χ4v) is 3.63. The molecule has 1 aliphatic rings. The van der Waals surface area contributed by atoms with Crippen molar-refractivity contribution in [3.63, 3.8) is 0 Å². The molecule has 1 aromatic heterocycles. The quantitative estimate of drug-likeness (QED) is 0.399. The number of benzene rings is 2. The van der Waals surface area contributed by atoms with Crippen molar-refractivity contribution in [2.24, 2.45) is 0 Å². The Morgan fingerprint density at radius 3 is 2.47 bits per heavy atom. The largest absolute Gasteiger partial charge is 0.449 e. The molecule has 0 saturated heterocycles. The van der Waals surface area contributed by atoms with E-state index in [1.807, 2.05) is 24.3 Å². The summed E-state index contributed by atoms with van der Waals surface area (Å²) in [5.41, 5.74) is 5.92. The summed E-state index contributed by atoms with van der Waals surface area (Å²) in [5.74, 6) is 5.93. The standard InChI is InChI=1S/C25H20N2O3/c28-16-19-13-18(14-26-15-19)7-5-6-12-27-25(29)30-17-24-22-10-3-1-8-20(22)21-9-2-4-11-23(21)24/h1-4,8-11,13-16,24H,6,12,17H2,(H,27,29). The molecule has 0 bridgehead atoms. The molecule has 0 radical (unpaired) electrons. The van der Waals surface area contributed by atoms with E-state index in [1.165, 1.54) is 28.5 Å². The van der Waals surface area contributed by atoms with Crippen LogP contribution in [0.25, 0.3) is 11.1 Å². The molecule has 3 aromatic rings. The summed E-state index contributed by atoms with van der Waals surface area (Å²) in [6, 6.07) is 18.1. The van der Waals surface area contributed by atoms with Gasteiger partial charge in [0.15, 0.2) is 6.29 Å². The lowest BCUT2D eigenvalue weighted by Crippen LogP contribution is -2.26. The molecule has 5 heteroatoms. The average molecular weight is 396 g/mol. The lowest BCUT2D eigenvalue weighted by atomic mass is 9.98. The molecule has 0 saturated carbocycles. The zero-order valence-corrected chi connectivity index (χ0v) is 16.3. The molecule has 0 atom stereocenters. The van der Waals surface area contributed by atoms with Crippen LogP contribution in [0.4, 0.5) is 4.79 Å². The van der Waals surface area contributed by atoms with Crippen molar-refractivity contribution in [1.82, 2.24) is 10.3 Å². The Balaban J connectivity index is 1.29. The number of amides is 1. The number of rotatable bonds is 5. The first-order valence-corrected chi connectivity index (χ1v) is 9.74. The van der Waals surface area contributed by atoms with Crippen LogP contribution in [0.2, 0.25) is 0 Å². The fraction of sp³-hybridized carbons (Fsp3) is 0.160. The average Bonchev–Trinajstić information content (AvgIpc) is 3.11. The number of carbonyl (C=O) groups excluding carboxylic acids is 2. The van der Waals surface area contributed by atoms with Crippen molar-refractivity contribution in [1.29, 1.82) is 0 Å². The smallest absolute Gasteiger partial charge is 0.407 e. The Bertz CT molecular complexity index is 1100. The van der Waals surface area contributed by atoms with Crippen LogP contribution in [-0.4, -0.2) is 30.5 Å². The summed E-state index contributed by atoms with van der Waals surface area (Å²) < 4.78 is 5.49. The van der Waals surface area contributed by atoms with Crippen molar-refractivity contribution in [2.45, 2.75) is 12.3 Å². The molecule has 1 heterocycles. The molecule has 0 unspecified atom stereocenters. The van der Waals surface area contributed by atoms with Crippen LogP contribution in [0.5, 0.6) is 0 Å². The van der Waals surface area contributed by atoms with Crippen molar-refractivity contribution in [3.8, 4) is 23.0 Å². The number of alkyl carbamates (subject to hydrolysis) is 1. The third-order valence-corrected chi connectivity index (χ3v) is 4.99. The van der Waals surface area contributed by atoms with E-state index in [0.717, 1.165) is 6.29 Å². The van der Waals surface area contributed by atoms with Gasteiger partial charge in [-0.15, -0.1) is 0 Å². The van der Waals surface area contributed by atoms with Crippen molar-refractivity contribution < 1.29 is 14.3 Å². The van der Waals surface area contributed by atoms with E-state index in [4.69, 9.17) is 4.74 Å². The Hall–Kier alpha value is -3.91. The first-order chi connectivity index (χ1) is 14.8. The lowest BCUT2D eigenvalue weighted by Gasteiger charge is -2.14. The molecule has 1 aliphatic carbocycles. The Morgan fingerprint density at radius 2 is 1.77 bits per heavy atom. The maximum absolute atomic E-state index is 12.1. The summed E-state index contributed by atoms with van der Waals surface area (Å²) in [5, 5.41) is 2.73. The van der Waals surface area contributed by atoms with E-state index in [0.29, 0.717) is 24.1 Å². The number of ether oxygens (including phenoxy) is 1. The Labute approximate surface area is 175 Å². The summed E-state index contributed by atoms with van der Waals surface area (Å²) in [4.78, 5) is 26.8. The van der Waals surface area contributed by atoms with Crippen LogP contribution in [0.1, 0.15) is 39.4 Å². The van der Waals surface area contributed by atoms with Gasteiger partial charge >= 0.3 is 6.09 Å². The number of pyridine rings is 1. The van der Waals surface area contributed by atoms with E-state index in [9.17, 15) is 9.59 Å². The van der Waals surface area contributed by atoms with Gasteiger partial charge in [0.05, 0.1) is 0 Å². The summed E-state index contributed by atoms with van der Waals surface area (Å²) in [7, 11) is 0. The molecular weight excluding hydrogens is 376 g/mol. The number of nitrogens with one attached hydrogen (secondary N) is 1. The van der Waals surface area contributed by atoms with Crippen LogP contribution in [0.3, 0.4) is 0 Å². The predicted molar refractivity (Wildman–Crippen MR) is 114 cm³/mol. The summed E-state index contributed by atoms with van der Waals surface area (Å²) >= 11 is 0. The monoisotopic (exact) mass is 396 g/mol. The fourth-order valence-electron chi connectivity index (χ4n) is 3.63. The topological polar surface area (TPSA) is 68.3 Å². The van der Waals surface area contributed by atoms with E-state index in [-0.39, 0.29) is 12.5 Å². The van der Waals surface area contributed by atoms with Crippen LogP contribution in [0, 0.1) is 11.8 Å². The summed E-state index contributed by atoms with van der Waals surface area (Å²) in [6.07, 6.45) is 3.82. The van der Waals surface area contributed by atoms with Gasteiger partial charge in [0.25, 0.3) is 0 Å². The number of fused-ring (bicyclic) bond motifs is 3. The Kier molecular flexibility index (Phi) is 5.86. The highest BCUT2D eigenvalue weighted by Crippen LogP contribution is 2.44. The second-order valence-electron chi connectivity index (χ2n) is 6.93. The van der Waals surface area contributed by atoms with Crippen LogP contribution in [-0.2, 0) is 4.74 Å². The van der Waals surface area contributed by atoms with Crippen LogP contribution < -0.4 is 5.32 Å². The number of aldehydes is 1. The van der Waals surface area contributed by atoms with E-state index < -0.39 is 6.09 Å². The number of aromatic nitrogens is 1. The molecular formula is C25H20N2O3. The molecule has 1 amide bonds. The van der Waals surface area contributed by atoms with Crippen LogP contribution in [0.15, 0.2) is 67.0 Å². The van der Waals surface area contributed by atoms with Gasteiger partial charge in [-0.1, -0.05) is 60.4 Å². The van der Waals surface area contributed by atoms with Gasteiger partial charge in [0.1, 0.15) is 6.61 Å². The molecule has 5 nitrogen and oxygen atoms in total. The van der Waals surface area contributed by atoms with E-state index in [2.05, 4.69) is 46.4 Å². The van der Waals surface area contributed by atoms with E-state index in [1.54, 1.807) is 12.3 Å². The second-order valence-corrected chi connectivity index (χ2v) is 6.93. The number of hydrogen-bond donors (Lipinski definition) is 1. The predicted octanol–water partition coefficient (Wildman–Crippen LogP) is 4.17. The normalized spacial score (nSPS) is 11.6. The Morgan fingerprint density at radius 1 is 1.07 bits per heavy atom. The van der Waals surface area contributed by atoms with Crippen molar-refractivity contribution >= 4 is 12.4 Å². The maximum atomic E-state index is 12.1. The van der Waals surface area contributed by atoms with Crippen molar-refractivity contribution in [2.75, 3.05) is 13.2 Å². The molecule has 148 valence electrons. The van der Waals surface area contributed by atoms with Gasteiger partial charge in [-0.3, -0.25) is 9.78 Å². The lowest BCUT2D eigenvalue weighted by molar-refractivity contribution is 0.112. The van der Waals surface area contributed by atoms with Gasteiger partial charge < -0.3 is 10.1 Å². The van der Waals surface area contributed by atoms with E-state index >= 15 is 0 Å². The minimum Gasteiger partial charge on any atom is -0.449 e. The third kappa shape index (κ3) is 4.23. The third-order valence-electron chi connectivity index (χ3n) is 4.99.